The molecule has 9 heteroatoms. The van der Waals surface area contributed by atoms with Gasteiger partial charge in [0.15, 0.2) is 5.11 Å². The minimum atomic E-state index is -0.572. The summed E-state index contributed by atoms with van der Waals surface area (Å²) in [5.74, 6) is -1.52. The van der Waals surface area contributed by atoms with Crippen molar-refractivity contribution in [2.24, 2.45) is 0 Å². The summed E-state index contributed by atoms with van der Waals surface area (Å²) in [7, 11) is 0. The first kappa shape index (κ1) is 20.1. The highest BCUT2D eigenvalue weighted by molar-refractivity contribution is 7.80. The fourth-order valence-electron chi connectivity index (χ4n) is 2.02. The molecule has 0 unspecified atom stereocenters. The maximum absolute atomic E-state index is 12.8. The second kappa shape index (κ2) is 9.48. The molecule has 2 aromatic carbocycles. The molecule has 5 N–H and O–H groups in total. The van der Waals surface area contributed by atoms with E-state index in [1.807, 2.05) is 32.0 Å². The average Bonchev–Trinajstić information content (AvgIpc) is 2.62. The van der Waals surface area contributed by atoms with Crippen LogP contribution in [0.2, 0.25) is 0 Å². The molecule has 0 heterocycles. The standard InChI is InChI=1S/C18H20FN5O2S/c1-11-3-6-15(9-12(11)2)20-18(27)24-23-17(26)10-16(25)22-21-14-7-4-13(19)5-8-14/h3-9,21H,10H2,1-2H3,(H,22,25)(H,23,26)(H2,20,24,27). The second-order valence-electron chi connectivity index (χ2n) is 5.78. The minimum Gasteiger partial charge on any atom is -0.331 e. The van der Waals surface area contributed by atoms with E-state index < -0.39 is 18.2 Å². The topological polar surface area (TPSA) is 94.3 Å². The van der Waals surface area contributed by atoms with Gasteiger partial charge in [-0.05, 0) is 73.6 Å². The summed E-state index contributed by atoms with van der Waals surface area (Å²) in [6, 6.07) is 11.1. The van der Waals surface area contributed by atoms with Gasteiger partial charge in [0, 0.05) is 5.69 Å². The summed E-state index contributed by atoms with van der Waals surface area (Å²) in [4.78, 5) is 23.5. The number of carbonyl (C=O) groups excluding carboxylic acids is 2. The number of anilines is 2. The third kappa shape index (κ3) is 6.90. The minimum absolute atomic E-state index is 0.191. The third-order valence-electron chi connectivity index (χ3n) is 3.59. The number of carbonyl (C=O) groups is 2. The van der Waals surface area contributed by atoms with E-state index >= 15 is 0 Å². The normalized spacial score (nSPS) is 9.89. The van der Waals surface area contributed by atoms with E-state index in [1.54, 1.807) is 0 Å². The third-order valence-corrected chi connectivity index (χ3v) is 3.80. The molecule has 2 aromatic rings. The summed E-state index contributed by atoms with van der Waals surface area (Å²) in [6.07, 6.45) is -0.423. The van der Waals surface area contributed by atoms with Gasteiger partial charge in [-0.3, -0.25) is 31.3 Å². The van der Waals surface area contributed by atoms with Crippen molar-refractivity contribution in [3.63, 3.8) is 0 Å². The van der Waals surface area contributed by atoms with Gasteiger partial charge in [-0.15, -0.1) is 0 Å². The molecule has 0 saturated carbocycles. The van der Waals surface area contributed by atoms with Crippen LogP contribution in [0.25, 0.3) is 0 Å². The van der Waals surface area contributed by atoms with Gasteiger partial charge in [-0.25, -0.2) is 4.39 Å². The van der Waals surface area contributed by atoms with Crippen LogP contribution in [0.3, 0.4) is 0 Å². The van der Waals surface area contributed by atoms with Crippen molar-refractivity contribution in [3.8, 4) is 0 Å². The van der Waals surface area contributed by atoms with Gasteiger partial charge in [-0.1, -0.05) is 6.07 Å². The van der Waals surface area contributed by atoms with Crippen molar-refractivity contribution in [1.82, 2.24) is 16.3 Å². The number of benzene rings is 2. The van der Waals surface area contributed by atoms with Crippen LogP contribution >= 0.6 is 12.2 Å². The van der Waals surface area contributed by atoms with Crippen LogP contribution in [-0.4, -0.2) is 16.9 Å². The van der Waals surface area contributed by atoms with Crippen LogP contribution < -0.4 is 27.0 Å². The Morgan fingerprint density at radius 1 is 0.889 bits per heavy atom. The van der Waals surface area contributed by atoms with Crippen LogP contribution in [0.5, 0.6) is 0 Å². The van der Waals surface area contributed by atoms with Crippen molar-refractivity contribution < 1.29 is 14.0 Å². The Morgan fingerprint density at radius 3 is 2.19 bits per heavy atom. The molecule has 7 nitrogen and oxygen atoms in total. The number of hydrazine groups is 2. The highest BCUT2D eigenvalue weighted by atomic mass is 32.1. The van der Waals surface area contributed by atoms with Gasteiger partial charge >= 0.3 is 0 Å². The summed E-state index contributed by atoms with van der Waals surface area (Å²) >= 11 is 5.09. The number of rotatable bonds is 5. The van der Waals surface area contributed by atoms with Crippen molar-refractivity contribution in [1.29, 1.82) is 0 Å². The zero-order valence-corrected chi connectivity index (χ0v) is 15.7. The van der Waals surface area contributed by atoms with Crippen LogP contribution in [0.4, 0.5) is 15.8 Å². The van der Waals surface area contributed by atoms with E-state index in [0.717, 1.165) is 16.8 Å². The van der Waals surface area contributed by atoms with E-state index in [0.29, 0.717) is 5.69 Å². The molecular weight excluding hydrogens is 369 g/mol. The predicted octanol–water partition coefficient (Wildman–Crippen LogP) is 2.29. The van der Waals surface area contributed by atoms with Gasteiger partial charge in [0.2, 0.25) is 11.8 Å². The van der Waals surface area contributed by atoms with E-state index in [-0.39, 0.29) is 10.9 Å². The number of aryl methyl sites for hydroxylation is 2. The Hall–Kier alpha value is -3.20. The molecule has 0 bridgehead atoms. The lowest BCUT2D eigenvalue weighted by Crippen LogP contribution is -2.45. The molecule has 0 fully saturated rings. The number of hydrogen-bond donors (Lipinski definition) is 5. The lowest BCUT2D eigenvalue weighted by Gasteiger charge is -2.13. The van der Waals surface area contributed by atoms with Crippen molar-refractivity contribution >= 4 is 40.5 Å². The van der Waals surface area contributed by atoms with Gasteiger partial charge < -0.3 is 5.32 Å². The zero-order valence-electron chi connectivity index (χ0n) is 14.9. The van der Waals surface area contributed by atoms with Crippen molar-refractivity contribution in [3.05, 3.63) is 59.4 Å². The summed E-state index contributed by atoms with van der Waals surface area (Å²) in [5, 5.41) is 3.12. The van der Waals surface area contributed by atoms with Crippen molar-refractivity contribution in [2.75, 3.05) is 10.7 Å². The SMILES string of the molecule is Cc1ccc(NC(=S)NNC(=O)CC(=O)NNc2ccc(F)cc2)cc1C. The number of amides is 2. The molecule has 142 valence electrons. The molecular formula is C18H20FN5O2S. The van der Waals surface area contributed by atoms with E-state index in [2.05, 4.69) is 27.0 Å². The monoisotopic (exact) mass is 389 g/mol. The van der Waals surface area contributed by atoms with Crippen LogP contribution in [0, 0.1) is 19.7 Å². The Kier molecular flexibility index (Phi) is 7.07. The summed E-state index contributed by atoms with van der Waals surface area (Å²) in [6.45, 7) is 3.99. The largest absolute Gasteiger partial charge is 0.331 e. The molecule has 2 rings (SSSR count). The Bertz CT molecular complexity index is 842. The molecule has 0 radical (unpaired) electrons. The molecule has 27 heavy (non-hydrogen) atoms. The molecule has 2 amide bonds. The Labute approximate surface area is 161 Å². The predicted molar refractivity (Wildman–Crippen MR) is 106 cm³/mol. The second-order valence-corrected chi connectivity index (χ2v) is 6.19. The lowest BCUT2D eigenvalue weighted by molar-refractivity contribution is -0.129. The van der Waals surface area contributed by atoms with E-state index in [1.165, 1.54) is 24.3 Å². The lowest BCUT2D eigenvalue weighted by atomic mass is 10.1. The zero-order chi connectivity index (χ0) is 19.8. The first-order valence-electron chi connectivity index (χ1n) is 8.07. The molecule has 0 saturated heterocycles. The maximum Gasteiger partial charge on any atom is 0.247 e. The average molecular weight is 389 g/mol. The fraction of sp³-hybridized carbons (Fsp3) is 0.167. The molecule has 0 aliphatic rings. The first-order chi connectivity index (χ1) is 12.8. The molecule has 0 spiro atoms. The first-order valence-corrected chi connectivity index (χ1v) is 8.48. The van der Waals surface area contributed by atoms with Crippen LogP contribution in [0.1, 0.15) is 17.5 Å². The van der Waals surface area contributed by atoms with Gasteiger partial charge in [0.25, 0.3) is 0 Å². The molecule has 0 aliphatic heterocycles. The van der Waals surface area contributed by atoms with E-state index in [9.17, 15) is 14.0 Å². The summed E-state index contributed by atoms with van der Waals surface area (Å²) in [5.41, 5.74) is 13.3. The number of hydrogen-bond acceptors (Lipinski definition) is 4. The Balaban J connectivity index is 1.69. The fourth-order valence-corrected chi connectivity index (χ4v) is 2.19. The molecule has 0 aromatic heterocycles. The Morgan fingerprint density at radius 2 is 1.52 bits per heavy atom. The van der Waals surface area contributed by atoms with Crippen LogP contribution in [0.15, 0.2) is 42.5 Å². The van der Waals surface area contributed by atoms with E-state index in [4.69, 9.17) is 12.2 Å². The van der Waals surface area contributed by atoms with Gasteiger partial charge in [0.05, 0.1) is 5.69 Å². The number of nitrogens with one attached hydrogen (secondary N) is 5. The van der Waals surface area contributed by atoms with Crippen molar-refractivity contribution in [2.45, 2.75) is 20.3 Å². The summed E-state index contributed by atoms with van der Waals surface area (Å²) < 4.78 is 12.8. The molecule has 0 atom stereocenters. The van der Waals surface area contributed by atoms with Gasteiger partial charge in [-0.2, -0.15) is 0 Å². The highest BCUT2D eigenvalue weighted by Crippen LogP contribution is 2.13. The smallest absolute Gasteiger partial charge is 0.247 e. The number of halogens is 1. The highest BCUT2D eigenvalue weighted by Gasteiger charge is 2.09. The van der Waals surface area contributed by atoms with Crippen LogP contribution in [-0.2, 0) is 9.59 Å². The quantitative estimate of drug-likeness (QED) is 0.306. The maximum atomic E-state index is 12.8. The van der Waals surface area contributed by atoms with Gasteiger partial charge in [0.1, 0.15) is 12.2 Å². The number of thiocarbonyl (C=S) groups is 1. The molecule has 0 aliphatic carbocycles.